The van der Waals surface area contributed by atoms with Crippen molar-refractivity contribution in [2.24, 2.45) is 5.84 Å². The van der Waals surface area contributed by atoms with Crippen molar-refractivity contribution in [3.8, 4) is 0 Å². The van der Waals surface area contributed by atoms with Crippen LogP contribution in [0.4, 0.5) is 0 Å². The van der Waals surface area contributed by atoms with Crippen LogP contribution in [-0.4, -0.2) is 15.4 Å². The average Bonchev–Trinajstić information content (AvgIpc) is 2.52. The van der Waals surface area contributed by atoms with Gasteiger partial charge in [-0.2, -0.15) is 15.4 Å². The summed E-state index contributed by atoms with van der Waals surface area (Å²) in [4.78, 5) is 0. The number of hydrogen-bond acceptors (Lipinski definition) is 4. The fraction of sp³-hybridized carbons (Fsp3) is 0.333. The van der Waals surface area contributed by atoms with Crippen LogP contribution in [0.1, 0.15) is 18.2 Å². The van der Waals surface area contributed by atoms with Crippen LogP contribution in [0, 0.1) is 0 Å². The number of nitrogens with two attached hydrogens (primary N) is 1. The normalized spacial score (nSPS) is 12.8. The van der Waals surface area contributed by atoms with Gasteiger partial charge in [0.1, 0.15) is 5.69 Å². The van der Waals surface area contributed by atoms with Gasteiger partial charge in [0.25, 0.3) is 0 Å². The molecule has 1 aromatic heterocycles. The van der Waals surface area contributed by atoms with Gasteiger partial charge in [-0.05, 0) is 6.42 Å². The molecule has 1 atom stereocenters. The van der Waals surface area contributed by atoms with Crippen LogP contribution in [-0.2, 0) is 0 Å². The maximum absolute atomic E-state index is 5.27. The first-order chi connectivity index (χ1) is 5.38. The second kappa shape index (κ2) is 3.85. The van der Waals surface area contributed by atoms with Crippen LogP contribution in [0.5, 0.6) is 0 Å². The quantitative estimate of drug-likeness (QED) is 0.320. The minimum absolute atomic E-state index is 0.00579. The number of hydrazine groups is 1. The molecule has 0 amide bonds. The van der Waals surface area contributed by atoms with Gasteiger partial charge >= 0.3 is 0 Å². The molecule has 4 N–H and O–H groups in total. The summed E-state index contributed by atoms with van der Waals surface area (Å²) < 4.78 is 0. The Morgan fingerprint density at radius 2 is 2.73 bits per heavy atom. The van der Waals surface area contributed by atoms with E-state index < -0.39 is 0 Å². The molecular weight excluding hydrogens is 142 g/mol. The van der Waals surface area contributed by atoms with E-state index in [2.05, 4.69) is 27.4 Å². The molecular formula is C6H11N5. The summed E-state index contributed by atoms with van der Waals surface area (Å²) in [5, 5.41) is 10.1. The molecule has 0 radical (unpaired) electrons. The summed E-state index contributed by atoms with van der Waals surface area (Å²) in [6.45, 7) is 3.60. The van der Waals surface area contributed by atoms with Crippen molar-refractivity contribution in [1.29, 1.82) is 0 Å². The molecule has 0 aliphatic heterocycles. The Labute approximate surface area is 64.6 Å². The Morgan fingerprint density at radius 1 is 1.91 bits per heavy atom. The van der Waals surface area contributed by atoms with Gasteiger partial charge in [0.05, 0.1) is 12.2 Å². The van der Waals surface area contributed by atoms with Crippen LogP contribution in [0.3, 0.4) is 0 Å². The van der Waals surface area contributed by atoms with Gasteiger partial charge in [-0.1, -0.05) is 6.08 Å². The van der Waals surface area contributed by atoms with E-state index in [1.165, 1.54) is 0 Å². The molecule has 0 fully saturated rings. The molecule has 0 aliphatic carbocycles. The van der Waals surface area contributed by atoms with Gasteiger partial charge in [0.2, 0.25) is 0 Å². The van der Waals surface area contributed by atoms with E-state index in [1.54, 1.807) is 12.3 Å². The molecule has 0 saturated carbocycles. The average molecular weight is 153 g/mol. The lowest BCUT2D eigenvalue weighted by molar-refractivity contribution is 0.546. The van der Waals surface area contributed by atoms with Crippen molar-refractivity contribution in [2.75, 3.05) is 0 Å². The van der Waals surface area contributed by atoms with Gasteiger partial charge in [0, 0.05) is 0 Å². The predicted molar refractivity (Wildman–Crippen MR) is 41.3 cm³/mol. The van der Waals surface area contributed by atoms with Crippen LogP contribution in [0.25, 0.3) is 0 Å². The van der Waals surface area contributed by atoms with Gasteiger partial charge in [-0.15, -0.1) is 6.58 Å². The largest absolute Gasteiger partial charge is 0.271 e. The Morgan fingerprint density at radius 3 is 3.18 bits per heavy atom. The van der Waals surface area contributed by atoms with Crippen LogP contribution < -0.4 is 11.3 Å². The third-order valence-corrected chi connectivity index (χ3v) is 1.39. The highest BCUT2D eigenvalue weighted by atomic mass is 15.3. The smallest absolute Gasteiger partial charge is 0.101 e. The maximum Gasteiger partial charge on any atom is 0.101 e. The highest BCUT2D eigenvalue weighted by Gasteiger charge is 2.09. The van der Waals surface area contributed by atoms with Crippen molar-refractivity contribution in [2.45, 2.75) is 12.5 Å². The molecule has 0 aliphatic rings. The summed E-state index contributed by atoms with van der Waals surface area (Å²) in [5.41, 5.74) is 3.41. The fourth-order valence-electron chi connectivity index (χ4n) is 0.819. The lowest BCUT2D eigenvalue weighted by Gasteiger charge is -2.08. The molecule has 0 aromatic carbocycles. The first-order valence-corrected chi connectivity index (χ1v) is 3.31. The molecule has 5 nitrogen and oxygen atoms in total. The Hall–Kier alpha value is -1.20. The molecule has 1 rings (SSSR count). The number of rotatable bonds is 4. The predicted octanol–water partition coefficient (Wildman–Crippen LogP) is -0.115. The first-order valence-electron chi connectivity index (χ1n) is 3.31. The third kappa shape index (κ3) is 1.86. The summed E-state index contributed by atoms with van der Waals surface area (Å²) >= 11 is 0. The number of nitrogens with one attached hydrogen (secondary N) is 2. The van der Waals surface area contributed by atoms with Crippen molar-refractivity contribution < 1.29 is 0 Å². The van der Waals surface area contributed by atoms with Crippen LogP contribution in [0.2, 0.25) is 0 Å². The van der Waals surface area contributed by atoms with E-state index in [1.807, 2.05) is 0 Å². The molecule has 0 spiro atoms. The van der Waals surface area contributed by atoms with Crippen molar-refractivity contribution in [1.82, 2.24) is 20.8 Å². The third-order valence-electron chi connectivity index (χ3n) is 1.39. The number of aromatic nitrogens is 3. The van der Waals surface area contributed by atoms with E-state index in [0.29, 0.717) is 0 Å². The molecule has 0 saturated heterocycles. The number of nitrogens with zero attached hydrogens (tertiary/aromatic N) is 2. The second-order valence-electron chi connectivity index (χ2n) is 2.14. The first kappa shape index (κ1) is 7.90. The standard InChI is InChI=1S/C6H11N5/c1-2-3-5(9-7)6-4-8-11-10-6/h2,4-5,9H,1,3,7H2,(H,8,10,11). The molecule has 0 bridgehead atoms. The summed E-state index contributed by atoms with van der Waals surface area (Å²) in [5.74, 6) is 5.27. The Balaban J connectivity index is 2.62. The number of hydrogen-bond donors (Lipinski definition) is 3. The minimum Gasteiger partial charge on any atom is -0.271 e. The lowest BCUT2D eigenvalue weighted by Crippen LogP contribution is -2.27. The molecule has 1 unspecified atom stereocenters. The van der Waals surface area contributed by atoms with E-state index in [0.717, 1.165) is 12.1 Å². The zero-order valence-corrected chi connectivity index (χ0v) is 6.12. The van der Waals surface area contributed by atoms with Crippen LogP contribution in [0.15, 0.2) is 18.9 Å². The molecule has 11 heavy (non-hydrogen) atoms. The van der Waals surface area contributed by atoms with Crippen molar-refractivity contribution in [3.05, 3.63) is 24.5 Å². The molecule has 1 aromatic rings. The minimum atomic E-state index is 0.00579. The van der Waals surface area contributed by atoms with Gasteiger partial charge in [-0.3, -0.25) is 11.3 Å². The number of aromatic amines is 1. The van der Waals surface area contributed by atoms with Crippen molar-refractivity contribution in [3.63, 3.8) is 0 Å². The summed E-state index contributed by atoms with van der Waals surface area (Å²) in [6, 6.07) is 0.00579. The Kier molecular flexibility index (Phi) is 2.76. The Bertz CT molecular complexity index is 205. The maximum atomic E-state index is 5.27. The van der Waals surface area contributed by atoms with Gasteiger partial charge in [0.15, 0.2) is 0 Å². The van der Waals surface area contributed by atoms with E-state index in [4.69, 9.17) is 5.84 Å². The summed E-state index contributed by atoms with van der Waals surface area (Å²) in [7, 11) is 0. The molecule has 60 valence electrons. The van der Waals surface area contributed by atoms with E-state index in [9.17, 15) is 0 Å². The fourth-order valence-corrected chi connectivity index (χ4v) is 0.819. The highest BCUT2D eigenvalue weighted by molar-refractivity contribution is 5.00. The second-order valence-corrected chi connectivity index (χ2v) is 2.14. The summed E-state index contributed by atoms with van der Waals surface area (Å²) in [6.07, 6.45) is 4.15. The topological polar surface area (TPSA) is 79.6 Å². The zero-order chi connectivity index (χ0) is 8.10. The zero-order valence-electron chi connectivity index (χ0n) is 6.12. The van der Waals surface area contributed by atoms with Crippen molar-refractivity contribution >= 4 is 0 Å². The van der Waals surface area contributed by atoms with Gasteiger partial charge < -0.3 is 0 Å². The van der Waals surface area contributed by atoms with Crippen LogP contribution >= 0.6 is 0 Å². The van der Waals surface area contributed by atoms with Gasteiger partial charge in [-0.25, -0.2) is 0 Å². The van der Waals surface area contributed by atoms with E-state index >= 15 is 0 Å². The molecule has 5 heteroatoms. The number of H-pyrrole nitrogens is 1. The highest BCUT2D eigenvalue weighted by Crippen LogP contribution is 2.10. The monoisotopic (exact) mass is 153 g/mol. The molecule has 1 heterocycles. The lowest BCUT2D eigenvalue weighted by atomic mass is 10.2. The van der Waals surface area contributed by atoms with E-state index in [-0.39, 0.29) is 6.04 Å². The SMILES string of the molecule is C=CCC(NN)c1cn[nH]n1.